The highest BCUT2D eigenvalue weighted by Gasteiger charge is 2.19. The summed E-state index contributed by atoms with van der Waals surface area (Å²) in [6, 6.07) is 3.02. The number of nitro groups is 1. The van der Waals surface area contributed by atoms with Gasteiger partial charge in [-0.25, -0.2) is 4.98 Å². The Bertz CT molecular complexity index is 447. The van der Waals surface area contributed by atoms with Gasteiger partial charge < -0.3 is 10.2 Å². The summed E-state index contributed by atoms with van der Waals surface area (Å²) in [7, 11) is 0. The Kier molecular flexibility index (Phi) is 5.29. The van der Waals surface area contributed by atoms with E-state index in [1.54, 1.807) is 6.07 Å². The van der Waals surface area contributed by atoms with E-state index in [4.69, 9.17) is 0 Å². The SMILES string of the molecule is CCCN(CC1CCCNC1)c1cc([N+](=O)[O-])ccn1. The second kappa shape index (κ2) is 7.19. The molecule has 1 aromatic heterocycles. The topological polar surface area (TPSA) is 71.3 Å². The molecule has 2 rings (SSSR count). The lowest BCUT2D eigenvalue weighted by atomic mass is 9.99. The number of anilines is 1. The van der Waals surface area contributed by atoms with Gasteiger partial charge in [0, 0.05) is 25.4 Å². The van der Waals surface area contributed by atoms with Gasteiger partial charge >= 0.3 is 0 Å². The quantitative estimate of drug-likeness (QED) is 0.638. The smallest absolute Gasteiger partial charge is 0.274 e. The zero-order valence-corrected chi connectivity index (χ0v) is 11.9. The third kappa shape index (κ3) is 3.90. The largest absolute Gasteiger partial charge is 0.356 e. The first-order chi connectivity index (χ1) is 9.70. The molecule has 0 bridgehead atoms. The monoisotopic (exact) mass is 278 g/mol. The summed E-state index contributed by atoms with van der Waals surface area (Å²) < 4.78 is 0. The Balaban J connectivity index is 2.10. The summed E-state index contributed by atoms with van der Waals surface area (Å²) in [6.07, 6.45) is 4.94. The van der Waals surface area contributed by atoms with Gasteiger partial charge in [0.05, 0.1) is 11.0 Å². The fraction of sp³-hybridized carbons (Fsp3) is 0.643. The minimum Gasteiger partial charge on any atom is -0.356 e. The van der Waals surface area contributed by atoms with Crippen LogP contribution in [0.25, 0.3) is 0 Å². The molecule has 0 saturated carbocycles. The first-order valence-corrected chi connectivity index (χ1v) is 7.26. The summed E-state index contributed by atoms with van der Waals surface area (Å²) in [5.41, 5.74) is 0.109. The van der Waals surface area contributed by atoms with Crippen LogP contribution in [-0.2, 0) is 0 Å². The lowest BCUT2D eigenvalue weighted by molar-refractivity contribution is -0.384. The standard InChI is InChI=1S/C14H22N4O2/c1-2-8-17(11-12-4-3-6-15-10-12)14-9-13(18(19)20)5-7-16-14/h5,7,9,12,15H,2-4,6,8,10-11H2,1H3. The molecule has 20 heavy (non-hydrogen) atoms. The van der Waals surface area contributed by atoms with Gasteiger partial charge in [-0.3, -0.25) is 10.1 Å². The molecule has 1 saturated heterocycles. The van der Waals surface area contributed by atoms with Gasteiger partial charge in [0.1, 0.15) is 5.82 Å². The molecule has 0 spiro atoms. The van der Waals surface area contributed by atoms with Gasteiger partial charge in [-0.05, 0) is 38.3 Å². The molecule has 0 aromatic carbocycles. The Morgan fingerprint density at radius 3 is 3.10 bits per heavy atom. The average molecular weight is 278 g/mol. The molecule has 1 unspecified atom stereocenters. The van der Waals surface area contributed by atoms with Gasteiger partial charge in [-0.2, -0.15) is 0 Å². The van der Waals surface area contributed by atoms with Gasteiger partial charge in [-0.1, -0.05) is 6.92 Å². The minimum atomic E-state index is -0.364. The highest BCUT2D eigenvalue weighted by Crippen LogP contribution is 2.21. The molecule has 0 aliphatic carbocycles. The van der Waals surface area contributed by atoms with Crippen LogP contribution >= 0.6 is 0 Å². The molecule has 1 aromatic rings. The molecule has 1 atom stereocenters. The van der Waals surface area contributed by atoms with Crippen LogP contribution < -0.4 is 10.2 Å². The van der Waals surface area contributed by atoms with Crippen molar-refractivity contribution in [1.29, 1.82) is 0 Å². The number of aromatic nitrogens is 1. The van der Waals surface area contributed by atoms with Gasteiger partial charge in [0.25, 0.3) is 5.69 Å². The molecule has 2 heterocycles. The van der Waals surface area contributed by atoms with Crippen LogP contribution in [0.5, 0.6) is 0 Å². The van der Waals surface area contributed by atoms with Crippen molar-refractivity contribution < 1.29 is 4.92 Å². The van der Waals surface area contributed by atoms with E-state index in [0.29, 0.717) is 11.7 Å². The number of piperidine rings is 1. The Morgan fingerprint density at radius 2 is 2.45 bits per heavy atom. The first-order valence-electron chi connectivity index (χ1n) is 7.26. The molecule has 1 aliphatic rings. The number of rotatable bonds is 6. The van der Waals surface area contributed by atoms with Crippen molar-refractivity contribution in [3.63, 3.8) is 0 Å². The van der Waals surface area contributed by atoms with Crippen molar-refractivity contribution in [1.82, 2.24) is 10.3 Å². The van der Waals surface area contributed by atoms with E-state index in [0.717, 1.165) is 32.6 Å². The maximum atomic E-state index is 10.9. The number of nitrogens with zero attached hydrogens (tertiary/aromatic N) is 3. The second-order valence-corrected chi connectivity index (χ2v) is 5.29. The summed E-state index contributed by atoms with van der Waals surface area (Å²) in [6.45, 7) is 6.03. The molecular formula is C14H22N4O2. The predicted molar refractivity (Wildman–Crippen MR) is 79.0 cm³/mol. The molecule has 1 fully saturated rings. The van der Waals surface area contributed by atoms with E-state index in [9.17, 15) is 10.1 Å². The summed E-state index contributed by atoms with van der Waals surface area (Å²) in [5, 5.41) is 14.3. The van der Waals surface area contributed by atoms with Gasteiger partial charge in [0.2, 0.25) is 0 Å². The normalized spacial score (nSPS) is 18.8. The van der Waals surface area contributed by atoms with E-state index in [-0.39, 0.29) is 10.6 Å². The third-order valence-corrected chi connectivity index (χ3v) is 3.63. The molecule has 0 radical (unpaired) electrons. The zero-order chi connectivity index (χ0) is 14.4. The van der Waals surface area contributed by atoms with Crippen LogP contribution in [0.2, 0.25) is 0 Å². The summed E-state index contributed by atoms with van der Waals surface area (Å²) >= 11 is 0. The number of hydrogen-bond donors (Lipinski definition) is 1. The van der Waals surface area contributed by atoms with Crippen molar-refractivity contribution in [2.24, 2.45) is 5.92 Å². The first kappa shape index (κ1) is 14.7. The maximum Gasteiger partial charge on any atom is 0.274 e. The second-order valence-electron chi connectivity index (χ2n) is 5.29. The molecule has 0 amide bonds. The Hall–Kier alpha value is -1.69. The van der Waals surface area contributed by atoms with Crippen LogP contribution in [0, 0.1) is 16.0 Å². The number of nitrogens with one attached hydrogen (secondary N) is 1. The van der Waals surface area contributed by atoms with E-state index in [2.05, 4.69) is 22.1 Å². The lowest BCUT2D eigenvalue weighted by Gasteiger charge is -2.30. The molecule has 6 nitrogen and oxygen atoms in total. The average Bonchev–Trinajstić information content (AvgIpc) is 2.48. The Morgan fingerprint density at radius 1 is 1.60 bits per heavy atom. The van der Waals surface area contributed by atoms with E-state index in [1.807, 2.05) is 0 Å². The number of pyridine rings is 1. The fourth-order valence-corrected chi connectivity index (χ4v) is 2.65. The van der Waals surface area contributed by atoms with Crippen LogP contribution in [0.3, 0.4) is 0 Å². The Labute approximate surface area is 119 Å². The van der Waals surface area contributed by atoms with Crippen molar-refractivity contribution in [2.75, 3.05) is 31.1 Å². The highest BCUT2D eigenvalue weighted by atomic mass is 16.6. The lowest BCUT2D eigenvalue weighted by Crippen LogP contribution is -2.39. The van der Waals surface area contributed by atoms with E-state index < -0.39 is 0 Å². The molecular weight excluding hydrogens is 256 g/mol. The van der Waals surface area contributed by atoms with Crippen molar-refractivity contribution in [3.8, 4) is 0 Å². The molecule has 1 N–H and O–H groups in total. The fourth-order valence-electron chi connectivity index (χ4n) is 2.65. The highest BCUT2D eigenvalue weighted by molar-refractivity contribution is 5.46. The predicted octanol–water partition coefficient (Wildman–Crippen LogP) is 2.21. The van der Waals surface area contributed by atoms with Crippen LogP contribution in [0.4, 0.5) is 11.5 Å². The maximum absolute atomic E-state index is 10.9. The third-order valence-electron chi connectivity index (χ3n) is 3.63. The summed E-state index contributed by atoms with van der Waals surface area (Å²) in [4.78, 5) is 17.0. The van der Waals surface area contributed by atoms with Crippen LogP contribution in [0.1, 0.15) is 26.2 Å². The van der Waals surface area contributed by atoms with E-state index in [1.165, 1.54) is 25.1 Å². The van der Waals surface area contributed by atoms with Gasteiger partial charge in [-0.15, -0.1) is 0 Å². The molecule has 1 aliphatic heterocycles. The number of hydrogen-bond acceptors (Lipinski definition) is 5. The zero-order valence-electron chi connectivity index (χ0n) is 11.9. The van der Waals surface area contributed by atoms with Gasteiger partial charge in [0.15, 0.2) is 0 Å². The minimum absolute atomic E-state index is 0.109. The molecule has 110 valence electrons. The summed E-state index contributed by atoms with van der Waals surface area (Å²) in [5.74, 6) is 1.31. The van der Waals surface area contributed by atoms with Crippen molar-refractivity contribution >= 4 is 11.5 Å². The van der Waals surface area contributed by atoms with Crippen LogP contribution in [0.15, 0.2) is 18.3 Å². The molecule has 6 heteroatoms. The van der Waals surface area contributed by atoms with Crippen molar-refractivity contribution in [2.45, 2.75) is 26.2 Å². The van der Waals surface area contributed by atoms with Crippen LogP contribution in [-0.4, -0.2) is 36.1 Å². The van der Waals surface area contributed by atoms with E-state index >= 15 is 0 Å². The van der Waals surface area contributed by atoms with Crippen molar-refractivity contribution in [3.05, 3.63) is 28.4 Å².